The number of sulfonamides is 1. The maximum Gasteiger partial charge on any atom is 0.268 e. The molecule has 0 bridgehead atoms. The molecule has 0 aromatic carbocycles. The van der Waals surface area contributed by atoms with E-state index in [0.717, 1.165) is 51.4 Å². The zero-order valence-corrected chi connectivity index (χ0v) is 16.6. The van der Waals surface area contributed by atoms with Crippen LogP contribution in [0.15, 0.2) is 17.2 Å². The van der Waals surface area contributed by atoms with E-state index in [1.807, 2.05) is 0 Å². The van der Waals surface area contributed by atoms with Gasteiger partial charge in [-0.3, -0.25) is 4.79 Å². The minimum atomic E-state index is -3.53. The summed E-state index contributed by atoms with van der Waals surface area (Å²) in [4.78, 5) is 12.9. The molecule has 0 radical (unpaired) electrons. The molecule has 2 heterocycles. The van der Waals surface area contributed by atoms with Gasteiger partial charge in [0, 0.05) is 32.4 Å². The van der Waals surface area contributed by atoms with Gasteiger partial charge in [-0.1, -0.05) is 38.5 Å². The molecule has 1 aliphatic heterocycles. The fourth-order valence-electron chi connectivity index (χ4n) is 4.02. The molecule has 1 saturated carbocycles. The van der Waals surface area contributed by atoms with Gasteiger partial charge in [0.25, 0.3) is 5.91 Å². The van der Waals surface area contributed by atoms with Gasteiger partial charge < -0.3 is 9.88 Å². The van der Waals surface area contributed by atoms with Gasteiger partial charge in [-0.15, -0.1) is 0 Å². The van der Waals surface area contributed by atoms with E-state index in [2.05, 4.69) is 5.32 Å². The van der Waals surface area contributed by atoms with Crippen molar-refractivity contribution in [2.75, 3.05) is 13.1 Å². The SMILES string of the molecule is Cn1cc(S(=O)(=O)N2CCCCCC2)cc1C(=O)NC1CCCCCC1. The summed E-state index contributed by atoms with van der Waals surface area (Å²) in [5.74, 6) is -0.170. The number of hydrogen-bond acceptors (Lipinski definition) is 3. The van der Waals surface area contributed by atoms with Gasteiger partial charge in [0.1, 0.15) is 10.6 Å². The molecule has 1 amide bonds. The Hall–Kier alpha value is -1.34. The first-order valence-corrected chi connectivity index (χ1v) is 11.4. The van der Waals surface area contributed by atoms with E-state index >= 15 is 0 Å². The monoisotopic (exact) mass is 381 g/mol. The molecule has 3 rings (SSSR count). The van der Waals surface area contributed by atoms with Gasteiger partial charge in [0.2, 0.25) is 10.0 Å². The van der Waals surface area contributed by atoms with Crippen molar-refractivity contribution in [2.24, 2.45) is 7.05 Å². The Kier molecular flexibility index (Phi) is 6.40. The Labute approximate surface area is 157 Å². The smallest absolute Gasteiger partial charge is 0.268 e. The lowest BCUT2D eigenvalue weighted by atomic mass is 10.1. The molecule has 7 heteroatoms. The van der Waals surface area contributed by atoms with Crippen LogP contribution in [0.4, 0.5) is 0 Å². The van der Waals surface area contributed by atoms with Crippen molar-refractivity contribution in [1.29, 1.82) is 0 Å². The Morgan fingerprint density at radius 3 is 2.19 bits per heavy atom. The van der Waals surface area contributed by atoms with Crippen LogP contribution in [-0.4, -0.2) is 42.3 Å². The molecule has 0 atom stereocenters. The highest BCUT2D eigenvalue weighted by Crippen LogP contribution is 2.23. The number of nitrogens with zero attached hydrogens (tertiary/aromatic N) is 2. The number of carbonyl (C=O) groups is 1. The number of hydrogen-bond donors (Lipinski definition) is 1. The zero-order chi connectivity index (χ0) is 18.6. The average Bonchev–Trinajstić information content (AvgIpc) is 2.82. The van der Waals surface area contributed by atoms with Crippen LogP contribution in [-0.2, 0) is 17.1 Å². The van der Waals surface area contributed by atoms with E-state index in [1.165, 1.54) is 18.9 Å². The second kappa shape index (κ2) is 8.57. The third-order valence-corrected chi connectivity index (χ3v) is 7.47. The average molecular weight is 382 g/mol. The molecule has 1 saturated heterocycles. The van der Waals surface area contributed by atoms with Crippen LogP contribution in [0.25, 0.3) is 0 Å². The summed E-state index contributed by atoms with van der Waals surface area (Å²) >= 11 is 0. The van der Waals surface area contributed by atoms with Crippen molar-refractivity contribution in [3.63, 3.8) is 0 Å². The van der Waals surface area contributed by atoms with Crippen molar-refractivity contribution >= 4 is 15.9 Å². The highest BCUT2D eigenvalue weighted by atomic mass is 32.2. The van der Waals surface area contributed by atoms with Crippen LogP contribution < -0.4 is 5.32 Å². The summed E-state index contributed by atoms with van der Waals surface area (Å²) in [5, 5.41) is 3.10. The predicted molar refractivity (Wildman–Crippen MR) is 102 cm³/mol. The van der Waals surface area contributed by atoms with Crippen molar-refractivity contribution in [2.45, 2.75) is 75.1 Å². The summed E-state index contributed by atoms with van der Waals surface area (Å²) in [5.41, 5.74) is 0.419. The number of nitrogens with one attached hydrogen (secondary N) is 1. The Morgan fingerprint density at radius 2 is 1.58 bits per heavy atom. The maximum atomic E-state index is 12.9. The minimum absolute atomic E-state index is 0.170. The number of aromatic nitrogens is 1. The fraction of sp³-hybridized carbons (Fsp3) is 0.737. The molecule has 0 unspecified atom stereocenters. The van der Waals surface area contributed by atoms with E-state index in [4.69, 9.17) is 0 Å². The third-order valence-electron chi connectivity index (χ3n) is 5.61. The van der Waals surface area contributed by atoms with Crippen LogP contribution in [0.1, 0.15) is 74.7 Å². The number of amides is 1. The van der Waals surface area contributed by atoms with E-state index < -0.39 is 10.0 Å². The molecule has 1 aromatic rings. The van der Waals surface area contributed by atoms with Crippen molar-refractivity contribution < 1.29 is 13.2 Å². The summed E-state index contributed by atoms with van der Waals surface area (Å²) in [6, 6.07) is 1.73. The lowest BCUT2D eigenvalue weighted by Gasteiger charge is -2.18. The van der Waals surface area contributed by atoms with Gasteiger partial charge >= 0.3 is 0 Å². The molecule has 26 heavy (non-hydrogen) atoms. The molecule has 2 fully saturated rings. The molecular formula is C19H31N3O3S. The van der Waals surface area contributed by atoms with E-state index in [9.17, 15) is 13.2 Å². The first kappa shape index (κ1) is 19.4. The largest absolute Gasteiger partial charge is 0.348 e. The molecule has 146 valence electrons. The van der Waals surface area contributed by atoms with Crippen molar-refractivity contribution in [3.05, 3.63) is 18.0 Å². The Bertz CT molecular complexity index is 710. The van der Waals surface area contributed by atoms with Gasteiger partial charge in [0.15, 0.2) is 0 Å². The third kappa shape index (κ3) is 4.49. The first-order chi connectivity index (χ1) is 12.5. The molecule has 0 spiro atoms. The van der Waals surface area contributed by atoms with Gasteiger partial charge in [-0.25, -0.2) is 8.42 Å². The Morgan fingerprint density at radius 1 is 1.00 bits per heavy atom. The molecule has 1 aromatic heterocycles. The highest BCUT2D eigenvalue weighted by molar-refractivity contribution is 7.89. The maximum absolute atomic E-state index is 12.9. The molecular weight excluding hydrogens is 350 g/mol. The second-order valence-electron chi connectivity index (χ2n) is 7.65. The van der Waals surface area contributed by atoms with Crippen LogP contribution in [0.3, 0.4) is 0 Å². The lowest BCUT2D eigenvalue weighted by Crippen LogP contribution is -2.35. The predicted octanol–water partition coefficient (Wildman–Crippen LogP) is 3.04. The molecule has 6 nitrogen and oxygen atoms in total. The minimum Gasteiger partial charge on any atom is -0.348 e. The van der Waals surface area contributed by atoms with Gasteiger partial charge in [0.05, 0.1) is 0 Å². The zero-order valence-electron chi connectivity index (χ0n) is 15.7. The fourth-order valence-corrected chi connectivity index (χ4v) is 5.60. The van der Waals surface area contributed by atoms with E-state index in [0.29, 0.717) is 18.8 Å². The van der Waals surface area contributed by atoms with Crippen molar-refractivity contribution in [1.82, 2.24) is 14.2 Å². The molecule has 1 aliphatic carbocycles. The topological polar surface area (TPSA) is 71.4 Å². The van der Waals surface area contributed by atoms with Crippen LogP contribution in [0.5, 0.6) is 0 Å². The van der Waals surface area contributed by atoms with Crippen LogP contribution in [0.2, 0.25) is 0 Å². The molecule has 2 aliphatic rings. The number of rotatable bonds is 4. The lowest BCUT2D eigenvalue weighted by molar-refractivity contribution is 0.0925. The second-order valence-corrected chi connectivity index (χ2v) is 9.59. The van der Waals surface area contributed by atoms with Crippen molar-refractivity contribution in [3.8, 4) is 0 Å². The number of carbonyl (C=O) groups excluding carboxylic acids is 1. The van der Waals surface area contributed by atoms with E-state index in [-0.39, 0.29) is 16.8 Å². The summed E-state index contributed by atoms with van der Waals surface area (Å²) < 4.78 is 29.1. The summed E-state index contributed by atoms with van der Waals surface area (Å²) in [6.07, 6.45) is 12.3. The van der Waals surface area contributed by atoms with Crippen LogP contribution in [0, 0.1) is 0 Å². The van der Waals surface area contributed by atoms with Crippen LogP contribution >= 0.6 is 0 Å². The summed E-state index contributed by atoms with van der Waals surface area (Å²) in [7, 11) is -1.79. The van der Waals surface area contributed by atoms with E-state index in [1.54, 1.807) is 22.1 Å². The first-order valence-electron chi connectivity index (χ1n) is 9.96. The highest BCUT2D eigenvalue weighted by Gasteiger charge is 2.28. The van der Waals surface area contributed by atoms with Gasteiger partial charge in [-0.05, 0) is 31.7 Å². The summed E-state index contributed by atoms with van der Waals surface area (Å²) in [6.45, 7) is 1.14. The molecule has 1 N–H and O–H groups in total. The van der Waals surface area contributed by atoms with Gasteiger partial charge in [-0.2, -0.15) is 4.31 Å². The standard InChI is InChI=1S/C19H31N3O3S/c1-21-15-17(26(24,25)22-12-8-4-5-9-13-22)14-18(21)19(23)20-16-10-6-2-3-7-11-16/h14-16H,2-13H2,1H3,(H,20,23). The quantitative estimate of drug-likeness (QED) is 0.815. The number of aryl methyl sites for hydroxylation is 1. The Balaban J connectivity index is 1.74. The normalized spacial score (nSPS) is 21.1.